The topological polar surface area (TPSA) is 103 Å². The molecule has 0 amide bonds. The van der Waals surface area contributed by atoms with Crippen LogP contribution in [0, 0.1) is 6.92 Å². The minimum atomic E-state index is -0.485. The highest BCUT2D eigenvalue weighted by Gasteiger charge is 2.15. The number of hydrogen-bond acceptors (Lipinski definition) is 7. The highest BCUT2D eigenvalue weighted by molar-refractivity contribution is 6.39. The van der Waals surface area contributed by atoms with E-state index >= 15 is 0 Å². The Morgan fingerprint density at radius 2 is 1.86 bits per heavy atom. The number of aromatic amines is 1. The van der Waals surface area contributed by atoms with Gasteiger partial charge in [0.25, 0.3) is 0 Å². The number of carbonyl (C=O) groups is 2. The summed E-state index contributed by atoms with van der Waals surface area (Å²) in [5, 5.41) is 5.07. The monoisotopic (exact) mass is 529 g/mol. The number of rotatable bonds is 7. The first-order valence-electron chi connectivity index (χ1n) is 10.9. The van der Waals surface area contributed by atoms with Gasteiger partial charge in [0.1, 0.15) is 5.69 Å². The Morgan fingerprint density at radius 3 is 2.61 bits per heavy atom. The lowest BCUT2D eigenvalue weighted by molar-refractivity contribution is -0.0273. The number of H-pyrrole nitrogens is 1. The van der Waals surface area contributed by atoms with E-state index in [9.17, 15) is 9.59 Å². The zero-order valence-corrected chi connectivity index (χ0v) is 21.4. The predicted molar refractivity (Wildman–Crippen MR) is 140 cm³/mol. The summed E-state index contributed by atoms with van der Waals surface area (Å²) >= 11 is 12.5. The lowest BCUT2D eigenvalue weighted by atomic mass is 10.1. The van der Waals surface area contributed by atoms with E-state index in [1.165, 1.54) is 7.11 Å². The van der Waals surface area contributed by atoms with Gasteiger partial charge in [-0.15, -0.1) is 0 Å². The molecule has 188 valence electrons. The predicted octanol–water partition coefficient (Wildman–Crippen LogP) is 6.55. The Bertz CT molecular complexity index is 1360. The molecule has 2 aromatic carbocycles. The van der Waals surface area contributed by atoms with Crippen LogP contribution in [0.4, 0.5) is 11.4 Å². The van der Waals surface area contributed by atoms with Crippen LogP contribution in [0.15, 0.2) is 60.9 Å². The maximum Gasteiger partial charge on any atom is 0.356 e. The number of ether oxygens (including phenoxy) is 3. The Hall–Kier alpha value is -3.59. The molecule has 0 bridgehead atoms. The van der Waals surface area contributed by atoms with E-state index in [1.54, 1.807) is 48.8 Å². The molecule has 36 heavy (non-hydrogen) atoms. The van der Waals surface area contributed by atoms with Crippen molar-refractivity contribution in [1.29, 1.82) is 0 Å². The number of esters is 2. The van der Waals surface area contributed by atoms with Gasteiger partial charge in [-0.3, -0.25) is 0 Å². The second kappa shape index (κ2) is 12.9. The number of para-hydroxylation sites is 1. The van der Waals surface area contributed by atoms with Crippen molar-refractivity contribution in [3.63, 3.8) is 0 Å². The molecule has 0 saturated heterocycles. The fourth-order valence-corrected chi connectivity index (χ4v) is 3.56. The van der Waals surface area contributed by atoms with Crippen molar-refractivity contribution in [2.45, 2.75) is 13.8 Å². The fraction of sp³-hybridized carbons (Fsp3) is 0.192. The third-order valence-corrected chi connectivity index (χ3v) is 5.80. The number of nitrogens with zero attached hydrogens (tertiary/aromatic N) is 1. The third-order valence-electron chi connectivity index (χ3n) is 5.00. The van der Waals surface area contributed by atoms with Crippen molar-refractivity contribution >= 4 is 57.4 Å². The van der Waals surface area contributed by atoms with Crippen molar-refractivity contribution in [3.05, 3.63) is 87.8 Å². The van der Waals surface area contributed by atoms with Crippen molar-refractivity contribution < 1.29 is 23.8 Å². The van der Waals surface area contributed by atoms with Crippen LogP contribution in [0.2, 0.25) is 10.0 Å². The Morgan fingerprint density at radius 1 is 1.08 bits per heavy atom. The first-order valence-corrected chi connectivity index (χ1v) is 11.7. The summed E-state index contributed by atoms with van der Waals surface area (Å²) in [5.74, 6) is -0.905. The number of methoxy groups -OCH3 is 1. The zero-order valence-electron chi connectivity index (χ0n) is 19.9. The van der Waals surface area contributed by atoms with Crippen molar-refractivity contribution in [2.75, 3.05) is 25.8 Å². The van der Waals surface area contributed by atoms with Crippen LogP contribution < -0.4 is 5.32 Å². The largest absolute Gasteiger partial charge is 0.464 e. The third kappa shape index (κ3) is 6.75. The molecule has 0 aliphatic heterocycles. The van der Waals surface area contributed by atoms with Crippen molar-refractivity contribution in [1.82, 2.24) is 9.97 Å². The van der Waals surface area contributed by atoms with Gasteiger partial charge in [0, 0.05) is 29.9 Å². The van der Waals surface area contributed by atoms with Crippen LogP contribution in [-0.2, 0) is 14.2 Å². The summed E-state index contributed by atoms with van der Waals surface area (Å²) in [6.07, 6.45) is 3.44. The first-order chi connectivity index (χ1) is 17.3. The number of halogens is 2. The van der Waals surface area contributed by atoms with Gasteiger partial charge >= 0.3 is 11.9 Å². The summed E-state index contributed by atoms with van der Waals surface area (Å²) in [6, 6.07) is 14.1. The Kier molecular flexibility index (Phi) is 9.69. The number of pyridine rings is 1. The standard InChI is InChI=1S/C17H17Cl2NO3.C9H8N2O2/c1-3-22-10-23-17(21)12-6-4-5-7-14(12)20-16-13(18)9-8-11(2)15(16)19;1-13-9(12)8-4-7-6(5-11-8)2-3-10-7/h4-9,20H,3,10H2,1-2H3;2-5,10H,1H3. The summed E-state index contributed by atoms with van der Waals surface area (Å²) < 4.78 is 14.6. The molecule has 2 N–H and O–H groups in total. The molecule has 0 atom stereocenters. The Labute approximate surface area is 218 Å². The number of nitrogens with one attached hydrogen (secondary N) is 2. The van der Waals surface area contributed by atoms with Crippen molar-refractivity contribution in [2.24, 2.45) is 0 Å². The number of aryl methyl sites for hydroxylation is 1. The molecule has 2 heterocycles. The first kappa shape index (κ1) is 27.0. The van der Waals surface area contributed by atoms with Crippen LogP contribution in [0.25, 0.3) is 10.9 Å². The molecule has 2 aromatic heterocycles. The molecule has 8 nitrogen and oxygen atoms in total. The second-order valence-corrected chi connectivity index (χ2v) is 8.18. The van der Waals surface area contributed by atoms with E-state index in [2.05, 4.69) is 20.0 Å². The number of anilines is 2. The van der Waals surface area contributed by atoms with E-state index in [1.807, 2.05) is 26.0 Å². The minimum absolute atomic E-state index is 0.0877. The molecule has 0 unspecified atom stereocenters. The molecule has 0 fully saturated rings. The molecule has 4 rings (SSSR count). The van der Waals surface area contributed by atoms with Gasteiger partial charge in [-0.05, 0) is 49.7 Å². The molecule has 10 heteroatoms. The molecule has 0 aliphatic carbocycles. The molecule has 0 radical (unpaired) electrons. The number of fused-ring (bicyclic) bond motifs is 1. The number of carbonyl (C=O) groups excluding carboxylic acids is 2. The minimum Gasteiger partial charge on any atom is -0.464 e. The van der Waals surface area contributed by atoms with Gasteiger partial charge in [0.05, 0.1) is 34.1 Å². The van der Waals surface area contributed by atoms with E-state index in [0.717, 1.165) is 16.5 Å². The smallest absolute Gasteiger partial charge is 0.356 e. The molecular weight excluding hydrogens is 505 g/mol. The highest BCUT2D eigenvalue weighted by atomic mass is 35.5. The van der Waals surface area contributed by atoms with Gasteiger partial charge in [-0.1, -0.05) is 41.4 Å². The molecular formula is C26H25Cl2N3O5. The molecule has 4 aromatic rings. The maximum atomic E-state index is 12.2. The van der Waals surface area contributed by atoms with E-state index in [-0.39, 0.29) is 6.79 Å². The van der Waals surface area contributed by atoms with Gasteiger partial charge < -0.3 is 24.5 Å². The van der Waals surface area contributed by atoms with E-state index < -0.39 is 11.9 Å². The molecule has 0 spiro atoms. The quantitative estimate of drug-likeness (QED) is 0.159. The van der Waals surface area contributed by atoms with Crippen LogP contribution in [-0.4, -0.2) is 42.4 Å². The van der Waals surface area contributed by atoms with Crippen molar-refractivity contribution in [3.8, 4) is 0 Å². The average molecular weight is 530 g/mol. The number of hydrogen-bond donors (Lipinski definition) is 2. The zero-order chi connectivity index (χ0) is 26.1. The van der Waals surface area contributed by atoms with Gasteiger partial charge in [-0.2, -0.15) is 0 Å². The van der Waals surface area contributed by atoms with E-state index in [0.29, 0.717) is 39.3 Å². The summed E-state index contributed by atoms with van der Waals surface area (Å²) in [4.78, 5) is 30.2. The van der Waals surface area contributed by atoms with Gasteiger partial charge in [0.2, 0.25) is 0 Å². The van der Waals surface area contributed by atoms with Crippen LogP contribution in [0.3, 0.4) is 0 Å². The van der Waals surface area contributed by atoms with Crippen LogP contribution >= 0.6 is 23.2 Å². The summed E-state index contributed by atoms with van der Waals surface area (Å²) in [7, 11) is 1.34. The molecule has 0 saturated carbocycles. The molecule has 0 aliphatic rings. The highest BCUT2D eigenvalue weighted by Crippen LogP contribution is 2.36. The van der Waals surface area contributed by atoms with E-state index in [4.69, 9.17) is 32.7 Å². The summed E-state index contributed by atoms with van der Waals surface area (Å²) in [6.45, 7) is 4.09. The summed E-state index contributed by atoms with van der Waals surface area (Å²) in [5.41, 5.74) is 3.57. The Balaban J connectivity index is 0.000000233. The normalized spacial score (nSPS) is 10.4. The average Bonchev–Trinajstić information content (AvgIpc) is 3.37. The lowest BCUT2D eigenvalue weighted by Gasteiger charge is -2.15. The SMILES string of the molecule is CCOCOC(=O)c1ccccc1Nc1c(Cl)ccc(C)c1Cl.COC(=O)c1cc2[nH]ccc2cn1. The van der Waals surface area contributed by atoms with Crippen LogP contribution in [0.5, 0.6) is 0 Å². The second-order valence-electron chi connectivity index (χ2n) is 7.39. The van der Waals surface area contributed by atoms with Gasteiger partial charge in [-0.25, -0.2) is 14.6 Å². The van der Waals surface area contributed by atoms with Crippen LogP contribution in [0.1, 0.15) is 33.3 Å². The number of benzene rings is 2. The fourth-order valence-electron chi connectivity index (χ4n) is 3.09. The lowest BCUT2D eigenvalue weighted by Crippen LogP contribution is -2.11. The number of aromatic nitrogens is 2. The van der Waals surface area contributed by atoms with Gasteiger partial charge in [0.15, 0.2) is 6.79 Å². The maximum absolute atomic E-state index is 12.2.